The molecule has 0 aliphatic heterocycles. The van der Waals surface area contributed by atoms with Gasteiger partial charge in [0.25, 0.3) is 5.91 Å². The number of carbonyl (C=O) groups is 1. The molecule has 0 aliphatic carbocycles. The monoisotopic (exact) mass is 367 g/mol. The Morgan fingerprint density at radius 1 is 1.15 bits per heavy atom. The Morgan fingerprint density at radius 2 is 1.93 bits per heavy atom. The van der Waals surface area contributed by atoms with Crippen LogP contribution in [0.2, 0.25) is 0 Å². The van der Waals surface area contributed by atoms with E-state index in [0.29, 0.717) is 35.7 Å². The van der Waals surface area contributed by atoms with E-state index in [2.05, 4.69) is 20.6 Å². The molecule has 140 valence electrons. The van der Waals surface area contributed by atoms with Crippen LogP contribution in [-0.2, 0) is 0 Å². The molecule has 0 bridgehead atoms. The van der Waals surface area contributed by atoms with Crippen molar-refractivity contribution < 1.29 is 9.21 Å². The van der Waals surface area contributed by atoms with Gasteiger partial charge in [-0.1, -0.05) is 12.1 Å². The summed E-state index contributed by atoms with van der Waals surface area (Å²) in [6, 6.07) is 9.87. The minimum Gasteiger partial charge on any atom is -0.451 e. The smallest absolute Gasteiger partial charge is 0.287 e. The number of nitrogens with one attached hydrogen (secondary N) is 2. The number of carbonyl (C=O) groups excluding carboxylic acids is 1. The van der Waals surface area contributed by atoms with Gasteiger partial charge in [-0.25, -0.2) is 9.97 Å². The van der Waals surface area contributed by atoms with E-state index < -0.39 is 5.91 Å². The van der Waals surface area contributed by atoms with Crippen molar-refractivity contribution in [2.45, 2.75) is 6.92 Å². The number of para-hydroxylation sites is 1. The normalized spacial score (nSPS) is 10.6. The third-order valence-corrected chi connectivity index (χ3v) is 3.86. The zero-order valence-electron chi connectivity index (χ0n) is 15.4. The highest BCUT2D eigenvalue weighted by molar-refractivity contribution is 5.93. The predicted octanol–water partition coefficient (Wildman–Crippen LogP) is 1.80. The summed E-state index contributed by atoms with van der Waals surface area (Å²) in [7, 11) is 3.81. The summed E-state index contributed by atoms with van der Waals surface area (Å²) in [5.74, 6) is 1.69. The number of hydrogen-bond acceptors (Lipinski definition) is 7. The van der Waals surface area contributed by atoms with Crippen LogP contribution in [-0.4, -0.2) is 43.1 Å². The van der Waals surface area contributed by atoms with Crippen molar-refractivity contribution >= 4 is 28.5 Å². The first kappa shape index (κ1) is 18.4. The molecule has 3 aromatic rings. The first-order valence-corrected chi connectivity index (χ1v) is 8.52. The van der Waals surface area contributed by atoms with E-state index in [1.807, 2.05) is 32.0 Å². The largest absolute Gasteiger partial charge is 0.451 e. The van der Waals surface area contributed by atoms with Gasteiger partial charge in [-0.3, -0.25) is 9.59 Å². The van der Waals surface area contributed by atoms with E-state index in [9.17, 15) is 9.59 Å². The van der Waals surface area contributed by atoms with Crippen molar-refractivity contribution in [3.63, 3.8) is 0 Å². The van der Waals surface area contributed by atoms with Gasteiger partial charge in [-0.05, 0) is 19.1 Å². The Bertz CT molecular complexity index is 1030. The molecule has 0 saturated heterocycles. The van der Waals surface area contributed by atoms with Gasteiger partial charge in [-0.15, -0.1) is 0 Å². The Morgan fingerprint density at radius 3 is 2.70 bits per heavy atom. The van der Waals surface area contributed by atoms with Gasteiger partial charge in [0, 0.05) is 39.3 Å². The van der Waals surface area contributed by atoms with Crippen LogP contribution in [0.25, 0.3) is 11.0 Å². The molecule has 8 nitrogen and oxygen atoms in total. The van der Waals surface area contributed by atoms with E-state index in [-0.39, 0.29) is 11.2 Å². The van der Waals surface area contributed by atoms with Crippen LogP contribution in [0, 0.1) is 6.92 Å². The Balaban J connectivity index is 1.60. The maximum atomic E-state index is 12.2. The first-order valence-electron chi connectivity index (χ1n) is 8.52. The molecular formula is C19H21N5O3. The van der Waals surface area contributed by atoms with Gasteiger partial charge >= 0.3 is 0 Å². The molecule has 0 fully saturated rings. The molecular weight excluding hydrogens is 346 g/mol. The standard InChI is InChI=1S/C19H21N5O3/c1-12-22-17(11-18(23-12)24(2)3)20-8-9-21-19(26)16-10-14(25)13-6-4-5-7-15(13)27-16/h4-7,10-11H,8-9H2,1-3H3,(H,21,26)(H,20,22,23). The molecule has 0 unspecified atom stereocenters. The molecule has 0 radical (unpaired) electrons. The number of aryl methyl sites for hydroxylation is 1. The van der Waals surface area contributed by atoms with Crippen LogP contribution in [0.1, 0.15) is 16.4 Å². The van der Waals surface area contributed by atoms with Crippen molar-refractivity contribution in [3.05, 3.63) is 58.2 Å². The molecule has 27 heavy (non-hydrogen) atoms. The third-order valence-electron chi connectivity index (χ3n) is 3.86. The fourth-order valence-electron chi connectivity index (χ4n) is 2.54. The Kier molecular flexibility index (Phi) is 5.35. The highest BCUT2D eigenvalue weighted by Crippen LogP contribution is 2.13. The number of anilines is 2. The van der Waals surface area contributed by atoms with Crippen LogP contribution in [0.3, 0.4) is 0 Å². The second kappa shape index (κ2) is 7.86. The number of benzene rings is 1. The van der Waals surface area contributed by atoms with Crippen LogP contribution in [0.5, 0.6) is 0 Å². The molecule has 2 heterocycles. The number of rotatable bonds is 6. The Labute approximate surface area is 156 Å². The number of aromatic nitrogens is 2. The molecule has 1 amide bonds. The second-order valence-corrected chi connectivity index (χ2v) is 6.21. The lowest BCUT2D eigenvalue weighted by Crippen LogP contribution is -2.29. The van der Waals surface area contributed by atoms with Gasteiger partial charge < -0.3 is 20.0 Å². The fraction of sp³-hybridized carbons (Fsp3) is 0.263. The van der Waals surface area contributed by atoms with E-state index in [1.165, 1.54) is 6.07 Å². The lowest BCUT2D eigenvalue weighted by atomic mass is 10.2. The van der Waals surface area contributed by atoms with E-state index >= 15 is 0 Å². The number of hydrogen-bond donors (Lipinski definition) is 2. The summed E-state index contributed by atoms with van der Waals surface area (Å²) in [4.78, 5) is 34.8. The topological polar surface area (TPSA) is 100 Å². The number of fused-ring (bicyclic) bond motifs is 1. The summed E-state index contributed by atoms with van der Waals surface area (Å²) >= 11 is 0. The first-order chi connectivity index (χ1) is 12.9. The quantitative estimate of drug-likeness (QED) is 0.641. The summed E-state index contributed by atoms with van der Waals surface area (Å²) in [6.07, 6.45) is 0. The second-order valence-electron chi connectivity index (χ2n) is 6.21. The van der Waals surface area contributed by atoms with Crippen molar-refractivity contribution in [2.24, 2.45) is 0 Å². The molecule has 2 aromatic heterocycles. The molecule has 0 atom stereocenters. The van der Waals surface area contributed by atoms with Crippen LogP contribution >= 0.6 is 0 Å². The van der Waals surface area contributed by atoms with Gasteiger partial charge in [0.05, 0.1) is 5.39 Å². The lowest BCUT2D eigenvalue weighted by molar-refractivity contribution is 0.0928. The molecule has 2 N–H and O–H groups in total. The Hall–Kier alpha value is -3.42. The highest BCUT2D eigenvalue weighted by atomic mass is 16.3. The molecule has 0 saturated carbocycles. The number of amides is 1. The van der Waals surface area contributed by atoms with Crippen LogP contribution in [0.15, 0.2) is 45.6 Å². The zero-order valence-corrected chi connectivity index (χ0v) is 15.4. The summed E-state index contributed by atoms with van der Waals surface area (Å²) < 4.78 is 5.52. The molecule has 3 rings (SSSR count). The van der Waals surface area contributed by atoms with Gasteiger partial charge in [0.15, 0.2) is 11.2 Å². The summed E-state index contributed by atoms with van der Waals surface area (Å²) in [5, 5.41) is 6.32. The van der Waals surface area contributed by atoms with E-state index in [1.54, 1.807) is 24.3 Å². The van der Waals surface area contributed by atoms with E-state index in [4.69, 9.17) is 4.42 Å². The SMILES string of the molecule is Cc1nc(NCCNC(=O)c2cc(=O)c3ccccc3o2)cc(N(C)C)n1. The van der Waals surface area contributed by atoms with Crippen LogP contribution < -0.4 is 21.0 Å². The fourth-order valence-corrected chi connectivity index (χ4v) is 2.54. The maximum Gasteiger partial charge on any atom is 0.287 e. The summed E-state index contributed by atoms with van der Waals surface area (Å²) in [5.41, 5.74) is 0.147. The van der Waals surface area contributed by atoms with Crippen LogP contribution in [0.4, 0.5) is 11.6 Å². The van der Waals surface area contributed by atoms with Gasteiger partial charge in [0.2, 0.25) is 0 Å². The van der Waals surface area contributed by atoms with Gasteiger partial charge in [0.1, 0.15) is 23.0 Å². The van der Waals surface area contributed by atoms with Crippen molar-refractivity contribution in [3.8, 4) is 0 Å². The molecule has 0 aliphatic rings. The van der Waals surface area contributed by atoms with E-state index in [0.717, 1.165) is 5.82 Å². The lowest BCUT2D eigenvalue weighted by Gasteiger charge is -2.14. The average Bonchev–Trinajstić information content (AvgIpc) is 2.64. The maximum absolute atomic E-state index is 12.2. The minimum absolute atomic E-state index is 0.00789. The average molecular weight is 367 g/mol. The van der Waals surface area contributed by atoms with Gasteiger partial charge in [-0.2, -0.15) is 0 Å². The third kappa shape index (κ3) is 4.41. The van der Waals surface area contributed by atoms with Crippen molar-refractivity contribution in [2.75, 3.05) is 37.4 Å². The van der Waals surface area contributed by atoms with Crippen molar-refractivity contribution in [1.29, 1.82) is 0 Å². The zero-order chi connectivity index (χ0) is 19.4. The predicted molar refractivity (Wildman–Crippen MR) is 104 cm³/mol. The molecule has 8 heteroatoms. The molecule has 0 spiro atoms. The minimum atomic E-state index is -0.437. The highest BCUT2D eigenvalue weighted by Gasteiger charge is 2.11. The molecule has 1 aromatic carbocycles. The van der Waals surface area contributed by atoms with Crippen molar-refractivity contribution in [1.82, 2.24) is 15.3 Å². The number of nitrogens with zero attached hydrogens (tertiary/aromatic N) is 3. The summed E-state index contributed by atoms with van der Waals surface area (Å²) in [6.45, 7) is 2.63.